The molecule has 0 aliphatic carbocycles. The average molecular weight is 194 g/mol. The SMILES string of the molecule is CCn1c(=O)sc2cccc(N)c21. The molecule has 2 aromatic rings. The van der Waals surface area contributed by atoms with Crippen molar-refractivity contribution in [3.63, 3.8) is 0 Å². The van der Waals surface area contributed by atoms with E-state index in [-0.39, 0.29) is 4.87 Å². The second-order valence-corrected chi connectivity index (χ2v) is 3.80. The highest BCUT2D eigenvalue weighted by Crippen LogP contribution is 2.22. The van der Waals surface area contributed by atoms with Gasteiger partial charge in [-0.1, -0.05) is 17.4 Å². The van der Waals surface area contributed by atoms with Crippen LogP contribution in [0.25, 0.3) is 10.2 Å². The first kappa shape index (κ1) is 8.31. The van der Waals surface area contributed by atoms with Crippen molar-refractivity contribution in [3.05, 3.63) is 27.9 Å². The van der Waals surface area contributed by atoms with Gasteiger partial charge in [0.25, 0.3) is 0 Å². The molecule has 1 heterocycles. The number of benzene rings is 1. The number of para-hydroxylation sites is 1. The second kappa shape index (κ2) is 2.88. The van der Waals surface area contributed by atoms with Gasteiger partial charge in [-0.2, -0.15) is 0 Å². The summed E-state index contributed by atoms with van der Waals surface area (Å²) in [6.45, 7) is 2.62. The molecule has 3 nitrogen and oxygen atoms in total. The summed E-state index contributed by atoms with van der Waals surface area (Å²) in [6, 6.07) is 5.61. The molecular weight excluding hydrogens is 184 g/mol. The minimum atomic E-state index is 0.0652. The fraction of sp³-hybridized carbons (Fsp3) is 0.222. The molecule has 0 unspecified atom stereocenters. The number of anilines is 1. The van der Waals surface area contributed by atoms with E-state index in [4.69, 9.17) is 5.73 Å². The predicted octanol–water partition coefficient (Wildman–Crippen LogP) is 1.67. The zero-order valence-corrected chi connectivity index (χ0v) is 8.10. The molecule has 0 spiro atoms. The lowest BCUT2D eigenvalue weighted by atomic mass is 10.3. The van der Waals surface area contributed by atoms with Gasteiger partial charge in [-0.3, -0.25) is 9.36 Å². The number of nitrogen functional groups attached to an aromatic ring is 1. The summed E-state index contributed by atoms with van der Waals surface area (Å²) in [5, 5.41) is 0. The molecule has 0 bridgehead atoms. The van der Waals surface area contributed by atoms with Crippen molar-refractivity contribution in [1.29, 1.82) is 0 Å². The third kappa shape index (κ3) is 1.14. The Labute approximate surface area is 79.4 Å². The lowest BCUT2D eigenvalue weighted by molar-refractivity contribution is 0.779. The number of nitrogens with zero attached hydrogens (tertiary/aromatic N) is 1. The first-order valence-electron chi connectivity index (χ1n) is 4.12. The van der Waals surface area contributed by atoms with Crippen molar-refractivity contribution in [3.8, 4) is 0 Å². The van der Waals surface area contributed by atoms with Crippen LogP contribution in [-0.2, 0) is 6.54 Å². The fourth-order valence-corrected chi connectivity index (χ4v) is 2.43. The summed E-state index contributed by atoms with van der Waals surface area (Å²) < 4.78 is 2.67. The number of hydrogen-bond donors (Lipinski definition) is 1. The van der Waals surface area contributed by atoms with Gasteiger partial charge < -0.3 is 5.73 Å². The molecule has 2 N–H and O–H groups in total. The van der Waals surface area contributed by atoms with E-state index in [0.29, 0.717) is 12.2 Å². The van der Waals surface area contributed by atoms with E-state index in [2.05, 4.69) is 0 Å². The van der Waals surface area contributed by atoms with E-state index >= 15 is 0 Å². The lowest BCUT2D eigenvalue weighted by Gasteiger charge is -2.00. The van der Waals surface area contributed by atoms with Gasteiger partial charge in [0.2, 0.25) is 0 Å². The first-order valence-corrected chi connectivity index (χ1v) is 4.93. The molecule has 68 valence electrons. The Morgan fingerprint density at radius 2 is 2.31 bits per heavy atom. The molecule has 0 saturated heterocycles. The van der Waals surface area contributed by atoms with E-state index in [1.54, 1.807) is 4.57 Å². The van der Waals surface area contributed by atoms with Gasteiger partial charge in [-0.05, 0) is 19.1 Å². The van der Waals surface area contributed by atoms with Crippen molar-refractivity contribution in [2.45, 2.75) is 13.5 Å². The van der Waals surface area contributed by atoms with Crippen molar-refractivity contribution < 1.29 is 0 Å². The third-order valence-corrected chi connectivity index (χ3v) is 2.98. The van der Waals surface area contributed by atoms with E-state index in [1.807, 2.05) is 25.1 Å². The maximum absolute atomic E-state index is 11.4. The van der Waals surface area contributed by atoms with Gasteiger partial charge in [0.15, 0.2) is 0 Å². The van der Waals surface area contributed by atoms with Crippen LogP contribution in [-0.4, -0.2) is 4.57 Å². The second-order valence-electron chi connectivity index (χ2n) is 2.81. The van der Waals surface area contributed by atoms with E-state index in [9.17, 15) is 4.79 Å². The Morgan fingerprint density at radius 3 is 3.00 bits per heavy atom. The molecule has 0 aliphatic rings. The highest BCUT2D eigenvalue weighted by Gasteiger charge is 2.07. The summed E-state index contributed by atoms with van der Waals surface area (Å²) in [6.07, 6.45) is 0. The molecule has 0 radical (unpaired) electrons. The van der Waals surface area contributed by atoms with Crippen LogP contribution in [0.4, 0.5) is 5.69 Å². The summed E-state index contributed by atoms with van der Waals surface area (Å²) in [7, 11) is 0. The smallest absolute Gasteiger partial charge is 0.308 e. The molecule has 0 amide bonds. The molecular formula is C9H10N2OS. The maximum Gasteiger partial charge on any atom is 0.308 e. The standard InChI is InChI=1S/C9H10N2OS/c1-2-11-8-6(10)4-3-5-7(8)13-9(11)12/h3-5H,2,10H2,1H3. The summed E-state index contributed by atoms with van der Waals surface area (Å²) in [5.41, 5.74) is 7.35. The summed E-state index contributed by atoms with van der Waals surface area (Å²) in [5.74, 6) is 0. The lowest BCUT2D eigenvalue weighted by Crippen LogP contribution is -2.11. The predicted molar refractivity (Wildman–Crippen MR) is 56.2 cm³/mol. The van der Waals surface area contributed by atoms with Crippen LogP contribution < -0.4 is 10.6 Å². The van der Waals surface area contributed by atoms with Crippen molar-refractivity contribution in [2.24, 2.45) is 0 Å². The number of nitrogens with two attached hydrogens (primary N) is 1. The molecule has 0 fully saturated rings. The van der Waals surface area contributed by atoms with Gasteiger partial charge in [0.05, 0.1) is 15.9 Å². The van der Waals surface area contributed by atoms with Crippen molar-refractivity contribution in [2.75, 3.05) is 5.73 Å². The van der Waals surface area contributed by atoms with Gasteiger partial charge in [-0.25, -0.2) is 0 Å². The Morgan fingerprint density at radius 1 is 1.54 bits per heavy atom. The molecule has 1 aromatic heterocycles. The Kier molecular flexibility index (Phi) is 1.84. The summed E-state index contributed by atoms with van der Waals surface area (Å²) >= 11 is 1.24. The zero-order chi connectivity index (χ0) is 9.42. The van der Waals surface area contributed by atoms with Crippen LogP contribution in [0.15, 0.2) is 23.0 Å². The molecule has 1 aromatic carbocycles. The van der Waals surface area contributed by atoms with Gasteiger partial charge in [-0.15, -0.1) is 0 Å². The number of hydrogen-bond acceptors (Lipinski definition) is 3. The van der Waals surface area contributed by atoms with Crippen LogP contribution in [0.1, 0.15) is 6.92 Å². The zero-order valence-electron chi connectivity index (χ0n) is 7.28. The van der Waals surface area contributed by atoms with E-state index < -0.39 is 0 Å². The highest BCUT2D eigenvalue weighted by atomic mass is 32.1. The molecule has 0 saturated carbocycles. The van der Waals surface area contributed by atoms with Crippen molar-refractivity contribution >= 4 is 27.2 Å². The number of rotatable bonds is 1. The van der Waals surface area contributed by atoms with Crippen LogP contribution >= 0.6 is 11.3 Å². The minimum absolute atomic E-state index is 0.0652. The Bertz CT molecular complexity index is 498. The average Bonchev–Trinajstić information content (AvgIpc) is 2.42. The third-order valence-electron chi connectivity index (χ3n) is 2.03. The minimum Gasteiger partial charge on any atom is -0.397 e. The Balaban J connectivity index is 2.96. The summed E-state index contributed by atoms with van der Waals surface area (Å²) in [4.78, 5) is 11.5. The Hall–Kier alpha value is -1.29. The number of aromatic nitrogens is 1. The van der Waals surface area contributed by atoms with Crippen LogP contribution in [0, 0.1) is 0 Å². The topological polar surface area (TPSA) is 48.0 Å². The fourth-order valence-electron chi connectivity index (χ4n) is 1.44. The van der Waals surface area contributed by atoms with E-state index in [0.717, 1.165) is 10.2 Å². The monoisotopic (exact) mass is 194 g/mol. The maximum atomic E-state index is 11.4. The van der Waals surface area contributed by atoms with Crippen LogP contribution in [0.5, 0.6) is 0 Å². The molecule has 4 heteroatoms. The van der Waals surface area contributed by atoms with Crippen LogP contribution in [0.2, 0.25) is 0 Å². The van der Waals surface area contributed by atoms with Crippen LogP contribution in [0.3, 0.4) is 0 Å². The first-order chi connectivity index (χ1) is 6.24. The molecule has 2 rings (SSSR count). The largest absolute Gasteiger partial charge is 0.397 e. The molecule has 13 heavy (non-hydrogen) atoms. The van der Waals surface area contributed by atoms with Crippen molar-refractivity contribution in [1.82, 2.24) is 4.57 Å². The quantitative estimate of drug-likeness (QED) is 0.702. The van der Waals surface area contributed by atoms with Gasteiger partial charge in [0.1, 0.15) is 0 Å². The van der Waals surface area contributed by atoms with Gasteiger partial charge in [0, 0.05) is 6.54 Å². The number of fused-ring (bicyclic) bond motifs is 1. The van der Waals surface area contributed by atoms with E-state index in [1.165, 1.54) is 11.3 Å². The highest BCUT2D eigenvalue weighted by molar-refractivity contribution is 7.16. The molecule has 0 aliphatic heterocycles. The number of thiazole rings is 1. The van der Waals surface area contributed by atoms with Gasteiger partial charge >= 0.3 is 4.87 Å². The number of aryl methyl sites for hydroxylation is 1. The normalized spacial score (nSPS) is 10.8. The molecule has 0 atom stereocenters.